The van der Waals surface area contributed by atoms with Crippen LogP contribution < -0.4 is 10.1 Å². The Labute approximate surface area is 152 Å². The molecule has 130 valence electrons. The van der Waals surface area contributed by atoms with Gasteiger partial charge in [-0.25, -0.2) is 0 Å². The van der Waals surface area contributed by atoms with Crippen LogP contribution in [-0.4, -0.2) is 18.3 Å². The predicted molar refractivity (Wildman–Crippen MR) is 98.9 cm³/mol. The number of rotatable bonds is 4. The first kappa shape index (κ1) is 17.5. The number of ether oxygens (including phenoxy) is 1. The SMILES string of the molecule is Cc1ccc(Cl)cc1NC(=O)COc1ccc(C)c2c1C(=O)CC2C. The van der Waals surface area contributed by atoms with Gasteiger partial charge in [-0.05, 0) is 54.7 Å². The fourth-order valence-corrected chi connectivity index (χ4v) is 3.46. The summed E-state index contributed by atoms with van der Waals surface area (Å²) in [5.41, 5.74) is 4.31. The molecular formula is C20H20ClNO3. The highest BCUT2D eigenvalue weighted by Gasteiger charge is 2.31. The molecule has 3 rings (SSSR count). The first-order valence-electron chi connectivity index (χ1n) is 8.22. The molecule has 4 nitrogen and oxygen atoms in total. The standard InChI is InChI=1S/C20H20ClNO3/c1-11-4-6-14(21)9-15(11)22-18(24)10-25-17-7-5-12(2)19-13(3)8-16(23)20(17)19/h4-7,9,13H,8,10H2,1-3H3,(H,22,24). The van der Waals surface area contributed by atoms with Gasteiger partial charge in [-0.3, -0.25) is 9.59 Å². The van der Waals surface area contributed by atoms with Gasteiger partial charge in [0.25, 0.3) is 5.91 Å². The maximum atomic E-state index is 12.3. The predicted octanol–water partition coefficient (Wildman–Crippen LogP) is 4.66. The van der Waals surface area contributed by atoms with Crippen LogP contribution in [0.4, 0.5) is 5.69 Å². The molecule has 0 heterocycles. The van der Waals surface area contributed by atoms with Crippen molar-refractivity contribution >= 4 is 29.0 Å². The van der Waals surface area contributed by atoms with Gasteiger partial charge in [0.2, 0.25) is 0 Å². The number of carbonyl (C=O) groups excluding carboxylic acids is 2. The number of amides is 1. The first-order chi connectivity index (χ1) is 11.9. The summed E-state index contributed by atoms with van der Waals surface area (Å²) in [6, 6.07) is 9.00. The van der Waals surface area contributed by atoms with Crippen LogP contribution in [0, 0.1) is 13.8 Å². The maximum absolute atomic E-state index is 12.3. The van der Waals surface area contributed by atoms with Crippen molar-refractivity contribution in [1.82, 2.24) is 0 Å². The van der Waals surface area contributed by atoms with Crippen LogP contribution in [0.1, 0.15) is 46.3 Å². The van der Waals surface area contributed by atoms with Gasteiger partial charge in [-0.1, -0.05) is 30.7 Å². The number of aryl methyl sites for hydroxylation is 2. The molecule has 0 aromatic heterocycles. The normalized spacial score (nSPS) is 15.8. The summed E-state index contributed by atoms with van der Waals surface area (Å²) in [7, 11) is 0. The third kappa shape index (κ3) is 3.54. The van der Waals surface area contributed by atoms with Gasteiger partial charge in [0, 0.05) is 17.1 Å². The zero-order valence-corrected chi connectivity index (χ0v) is 15.2. The van der Waals surface area contributed by atoms with E-state index in [1.807, 2.05) is 32.9 Å². The maximum Gasteiger partial charge on any atom is 0.262 e. The Morgan fingerprint density at radius 2 is 1.96 bits per heavy atom. The van der Waals surface area contributed by atoms with E-state index in [1.54, 1.807) is 18.2 Å². The Hall–Kier alpha value is -2.33. The van der Waals surface area contributed by atoms with E-state index in [0.29, 0.717) is 28.4 Å². The largest absolute Gasteiger partial charge is 0.483 e. The Balaban J connectivity index is 1.73. The van der Waals surface area contributed by atoms with Crippen LogP contribution in [0.2, 0.25) is 5.02 Å². The van der Waals surface area contributed by atoms with E-state index in [-0.39, 0.29) is 24.2 Å². The number of halogens is 1. The van der Waals surface area contributed by atoms with Crippen molar-refractivity contribution in [2.45, 2.75) is 33.1 Å². The molecule has 0 fully saturated rings. The molecular weight excluding hydrogens is 338 g/mol. The molecule has 1 atom stereocenters. The molecule has 0 spiro atoms. The third-order valence-electron chi connectivity index (χ3n) is 4.52. The Morgan fingerprint density at radius 1 is 1.24 bits per heavy atom. The van der Waals surface area contributed by atoms with E-state index < -0.39 is 0 Å². The molecule has 0 saturated carbocycles. The van der Waals surface area contributed by atoms with E-state index >= 15 is 0 Å². The van der Waals surface area contributed by atoms with Crippen LogP contribution in [0.25, 0.3) is 0 Å². The van der Waals surface area contributed by atoms with Gasteiger partial charge in [0.05, 0.1) is 5.56 Å². The van der Waals surface area contributed by atoms with Crippen molar-refractivity contribution in [3.63, 3.8) is 0 Å². The van der Waals surface area contributed by atoms with Crippen molar-refractivity contribution in [3.05, 3.63) is 57.6 Å². The number of fused-ring (bicyclic) bond motifs is 1. The molecule has 5 heteroatoms. The smallest absolute Gasteiger partial charge is 0.262 e. The van der Waals surface area contributed by atoms with Crippen molar-refractivity contribution in [2.75, 3.05) is 11.9 Å². The molecule has 1 N–H and O–H groups in total. The van der Waals surface area contributed by atoms with E-state index in [4.69, 9.17) is 16.3 Å². The van der Waals surface area contributed by atoms with Crippen molar-refractivity contribution < 1.29 is 14.3 Å². The van der Waals surface area contributed by atoms with Crippen LogP contribution in [-0.2, 0) is 4.79 Å². The average Bonchev–Trinajstić information content (AvgIpc) is 2.86. The number of Topliss-reactive ketones (excluding diaryl/α,β-unsaturated/α-hetero) is 1. The molecule has 1 unspecified atom stereocenters. The second-order valence-electron chi connectivity index (χ2n) is 6.49. The number of ketones is 1. The average molecular weight is 358 g/mol. The van der Waals surface area contributed by atoms with E-state index in [0.717, 1.165) is 16.7 Å². The fourth-order valence-electron chi connectivity index (χ4n) is 3.29. The molecule has 25 heavy (non-hydrogen) atoms. The third-order valence-corrected chi connectivity index (χ3v) is 4.76. The van der Waals surface area contributed by atoms with Crippen LogP contribution >= 0.6 is 11.6 Å². The summed E-state index contributed by atoms with van der Waals surface area (Å²) in [6.45, 7) is 5.75. The fraction of sp³-hybridized carbons (Fsp3) is 0.300. The second-order valence-corrected chi connectivity index (χ2v) is 6.93. The summed E-state index contributed by atoms with van der Waals surface area (Å²) >= 11 is 5.96. The number of nitrogens with one attached hydrogen (secondary N) is 1. The van der Waals surface area contributed by atoms with Gasteiger partial charge in [0.15, 0.2) is 12.4 Å². The number of anilines is 1. The lowest BCUT2D eigenvalue weighted by molar-refractivity contribution is -0.118. The van der Waals surface area contributed by atoms with E-state index in [9.17, 15) is 9.59 Å². The van der Waals surface area contributed by atoms with Gasteiger partial charge in [0.1, 0.15) is 5.75 Å². The van der Waals surface area contributed by atoms with E-state index in [2.05, 4.69) is 5.32 Å². The Bertz CT molecular complexity index is 860. The Kier molecular flexibility index (Phi) is 4.82. The molecule has 1 amide bonds. The second kappa shape index (κ2) is 6.89. The van der Waals surface area contributed by atoms with Crippen molar-refractivity contribution in [1.29, 1.82) is 0 Å². The highest BCUT2D eigenvalue weighted by atomic mass is 35.5. The van der Waals surface area contributed by atoms with Gasteiger partial charge in [-0.15, -0.1) is 0 Å². The minimum Gasteiger partial charge on any atom is -0.483 e. The van der Waals surface area contributed by atoms with Crippen molar-refractivity contribution in [2.24, 2.45) is 0 Å². The highest BCUT2D eigenvalue weighted by Crippen LogP contribution is 2.40. The topological polar surface area (TPSA) is 55.4 Å². The van der Waals surface area contributed by atoms with Crippen LogP contribution in [0.15, 0.2) is 30.3 Å². The zero-order chi connectivity index (χ0) is 18.1. The molecule has 2 aromatic rings. The van der Waals surface area contributed by atoms with Gasteiger partial charge < -0.3 is 10.1 Å². The lowest BCUT2D eigenvalue weighted by Gasteiger charge is -2.14. The Morgan fingerprint density at radius 3 is 2.72 bits per heavy atom. The highest BCUT2D eigenvalue weighted by molar-refractivity contribution is 6.31. The molecule has 0 aliphatic heterocycles. The van der Waals surface area contributed by atoms with Crippen molar-refractivity contribution in [3.8, 4) is 5.75 Å². The van der Waals surface area contributed by atoms with Crippen LogP contribution in [0.5, 0.6) is 5.75 Å². The summed E-state index contributed by atoms with van der Waals surface area (Å²) in [6.07, 6.45) is 0.491. The summed E-state index contributed by atoms with van der Waals surface area (Å²) in [5.74, 6) is 0.451. The minimum absolute atomic E-state index is 0.0762. The lowest BCUT2D eigenvalue weighted by atomic mass is 9.97. The number of hydrogen-bond donors (Lipinski definition) is 1. The molecule has 1 aliphatic carbocycles. The molecule has 1 aliphatic rings. The number of benzene rings is 2. The molecule has 0 bridgehead atoms. The molecule has 2 aromatic carbocycles. The first-order valence-corrected chi connectivity index (χ1v) is 8.60. The van der Waals surface area contributed by atoms with Gasteiger partial charge in [-0.2, -0.15) is 0 Å². The number of hydrogen-bond acceptors (Lipinski definition) is 3. The molecule has 0 radical (unpaired) electrons. The van der Waals surface area contributed by atoms with Crippen LogP contribution in [0.3, 0.4) is 0 Å². The summed E-state index contributed by atoms with van der Waals surface area (Å²) in [4.78, 5) is 24.5. The van der Waals surface area contributed by atoms with E-state index in [1.165, 1.54) is 0 Å². The van der Waals surface area contributed by atoms with Gasteiger partial charge >= 0.3 is 0 Å². The minimum atomic E-state index is -0.293. The monoisotopic (exact) mass is 357 g/mol. The quantitative estimate of drug-likeness (QED) is 0.865. The zero-order valence-electron chi connectivity index (χ0n) is 14.5. The summed E-state index contributed by atoms with van der Waals surface area (Å²) < 4.78 is 5.66. The molecule has 0 saturated heterocycles. The number of carbonyl (C=O) groups is 2. The lowest BCUT2D eigenvalue weighted by Crippen LogP contribution is -2.21. The summed E-state index contributed by atoms with van der Waals surface area (Å²) in [5, 5.41) is 3.34.